The van der Waals surface area contributed by atoms with E-state index in [9.17, 15) is 9.32 Å². The first-order valence-corrected chi connectivity index (χ1v) is 10.8. The molecule has 0 heterocycles. The molecule has 1 aromatic rings. The Kier molecular flexibility index (Phi) is 5.07. The van der Waals surface area contributed by atoms with E-state index in [0.717, 1.165) is 10.5 Å². The molecule has 2 atom stereocenters. The maximum atomic E-state index is 12.5. The number of aryl methyl sites for hydroxylation is 1. The monoisotopic (exact) mass is 282 g/mol. The molecular weight excluding hydrogens is 260 g/mol. The summed E-state index contributed by atoms with van der Waals surface area (Å²) in [5.74, 6) is 0. The van der Waals surface area contributed by atoms with Crippen LogP contribution in [0.3, 0.4) is 0 Å². The van der Waals surface area contributed by atoms with E-state index in [2.05, 4.69) is 19.6 Å². The third-order valence-corrected chi connectivity index (χ3v) is 5.41. The summed E-state index contributed by atoms with van der Waals surface area (Å²) in [5, 5.41) is 9.82. The van der Waals surface area contributed by atoms with Crippen molar-refractivity contribution in [1.29, 1.82) is 0 Å². The van der Waals surface area contributed by atoms with Crippen LogP contribution in [0.1, 0.15) is 12.5 Å². The third kappa shape index (κ3) is 4.52. The van der Waals surface area contributed by atoms with Gasteiger partial charge < -0.3 is 5.11 Å². The van der Waals surface area contributed by atoms with Gasteiger partial charge in [0.15, 0.2) is 0 Å². The second-order valence-corrected chi connectivity index (χ2v) is 12.2. The molecule has 0 spiro atoms. The summed E-state index contributed by atoms with van der Waals surface area (Å²) in [5.41, 5.74) is 3.18. The number of aliphatic hydroxyl groups is 1. The molecule has 4 heteroatoms. The average molecular weight is 282 g/mol. The van der Waals surface area contributed by atoms with Crippen molar-refractivity contribution < 1.29 is 9.32 Å². The van der Waals surface area contributed by atoms with Crippen LogP contribution in [-0.4, -0.2) is 23.5 Å². The summed E-state index contributed by atoms with van der Waals surface area (Å²) < 4.78 is 12.5. The number of rotatable bonds is 4. The van der Waals surface area contributed by atoms with Gasteiger partial charge in [-0.25, -0.2) is 4.21 Å². The zero-order chi connectivity index (χ0) is 13.9. The molecule has 0 aliphatic carbocycles. The molecule has 0 bridgehead atoms. The molecular formula is C14H22O2SSi. The summed E-state index contributed by atoms with van der Waals surface area (Å²) in [7, 11) is -2.76. The maximum absolute atomic E-state index is 12.5. The second kappa shape index (κ2) is 5.95. The second-order valence-electron chi connectivity index (χ2n) is 5.67. The fraction of sp³-hybridized carbons (Fsp3) is 0.429. The molecule has 0 aliphatic heterocycles. The SMILES string of the molecule is Cc1ccc(S(=O)/C(=C/[Si](C)(C)C)[C@@H](C)O)cc1. The van der Waals surface area contributed by atoms with Crippen LogP contribution in [0, 0.1) is 6.92 Å². The van der Waals surface area contributed by atoms with Gasteiger partial charge in [-0.1, -0.05) is 43.0 Å². The van der Waals surface area contributed by atoms with Crippen LogP contribution in [0.5, 0.6) is 0 Å². The third-order valence-electron chi connectivity index (χ3n) is 2.44. The lowest BCUT2D eigenvalue weighted by atomic mass is 10.2. The van der Waals surface area contributed by atoms with Crippen molar-refractivity contribution in [2.24, 2.45) is 0 Å². The zero-order valence-electron chi connectivity index (χ0n) is 11.7. The van der Waals surface area contributed by atoms with Crippen molar-refractivity contribution in [3.05, 3.63) is 40.4 Å². The van der Waals surface area contributed by atoms with Crippen LogP contribution in [0.2, 0.25) is 19.6 Å². The van der Waals surface area contributed by atoms with E-state index in [1.165, 1.54) is 0 Å². The normalized spacial score (nSPS) is 16.4. The molecule has 18 heavy (non-hydrogen) atoms. The predicted molar refractivity (Wildman–Crippen MR) is 80.7 cm³/mol. The highest BCUT2D eigenvalue weighted by atomic mass is 32.2. The highest BCUT2D eigenvalue weighted by Crippen LogP contribution is 2.20. The van der Waals surface area contributed by atoms with Crippen molar-refractivity contribution >= 4 is 18.9 Å². The minimum absolute atomic E-state index is 0.637. The predicted octanol–water partition coefficient (Wildman–Crippen LogP) is 3.24. The maximum Gasteiger partial charge on any atom is 0.0842 e. The summed E-state index contributed by atoms with van der Waals surface area (Å²) in [6.45, 7) is 10.2. The van der Waals surface area contributed by atoms with Gasteiger partial charge in [0, 0.05) is 9.80 Å². The van der Waals surface area contributed by atoms with Crippen molar-refractivity contribution in [3.63, 3.8) is 0 Å². The van der Waals surface area contributed by atoms with Crippen LogP contribution >= 0.6 is 0 Å². The first-order chi connectivity index (χ1) is 8.20. The Balaban J connectivity index is 3.12. The Morgan fingerprint density at radius 2 is 1.78 bits per heavy atom. The fourth-order valence-electron chi connectivity index (χ4n) is 1.55. The molecule has 0 amide bonds. The van der Waals surface area contributed by atoms with E-state index in [4.69, 9.17) is 0 Å². The molecule has 0 aliphatic rings. The van der Waals surface area contributed by atoms with Crippen molar-refractivity contribution in [3.8, 4) is 0 Å². The lowest BCUT2D eigenvalue weighted by Crippen LogP contribution is -2.21. The van der Waals surface area contributed by atoms with Gasteiger partial charge in [0.2, 0.25) is 0 Å². The lowest BCUT2D eigenvalue weighted by molar-refractivity contribution is 0.240. The van der Waals surface area contributed by atoms with Crippen molar-refractivity contribution in [2.45, 2.75) is 44.5 Å². The molecule has 0 radical (unpaired) electrons. The van der Waals surface area contributed by atoms with Gasteiger partial charge in [0.1, 0.15) is 0 Å². The first kappa shape index (κ1) is 15.3. The molecule has 1 N–H and O–H groups in total. The first-order valence-electron chi connectivity index (χ1n) is 6.10. The fourth-order valence-corrected chi connectivity index (χ4v) is 5.10. The van der Waals surface area contributed by atoms with Gasteiger partial charge in [-0.05, 0) is 26.0 Å². The van der Waals surface area contributed by atoms with Crippen LogP contribution in [0.4, 0.5) is 0 Å². The van der Waals surface area contributed by atoms with Crippen LogP contribution in [0.15, 0.2) is 39.8 Å². The molecule has 0 saturated carbocycles. The Bertz CT molecular complexity index is 456. The van der Waals surface area contributed by atoms with Gasteiger partial charge in [0.05, 0.1) is 25.0 Å². The molecule has 0 aromatic heterocycles. The van der Waals surface area contributed by atoms with Gasteiger partial charge in [0.25, 0.3) is 0 Å². The Labute approximate surface area is 113 Å². The molecule has 1 aromatic carbocycles. The summed E-state index contributed by atoms with van der Waals surface area (Å²) >= 11 is 0. The van der Waals surface area contributed by atoms with Gasteiger partial charge in [-0.2, -0.15) is 0 Å². The Morgan fingerprint density at radius 1 is 1.28 bits per heavy atom. The minimum Gasteiger partial charge on any atom is -0.388 e. The standard InChI is InChI=1S/C14H22O2SSi/c1-11-6-8-13(9-7-11)17(16)14(12(2)15)10-18(3,4)5/h6-10,12,15H,1-5H3/b14-10+/t12-,17?/m1/s1. The highest BCUT2D eigenvalue weighted by molar-refractivity contribution is 7.89. The Morgan fingerprint density at radius 3 is 2.17 bits per heavy atom. The van der Waals surface area contributed by atoms with Gasteiger partial charge >= 0.3 is 0 Å². The van der Waals surface area contributed by atoms with E-state index in [-0.39, 0.29) is 0 Å². The van der Waals surface area contributed by atoms with E-state index >= 15 is 0 Å². The highest BCUT2D eigenvalue weighted by Gasteiger charge is 2.20. The molecule has 100 valence electrons. The minimum atomic E-state index is -1.50. The van der Waals surface area contributed by atoms with Crippen LogP contribution in [0.25, 0.3) is 0 Å². The van der Waals surface area contributed by atoms with Gasteiger partial charge in [-0.15, -0.1) is 0 Å². The van der Waals surface area contributed by atoms with E-state index < -0.39 is 25.0 Å². The average Bonchev–Trinajstić information content (AvgIpc) is 2.24. The summed E-state index contributed by atoms with van der Waals surface area (Å²) in [4.78, 5) is 1.39. The number of hydrogen-bond acceptors (Lipinski definition) is 2. The van der Waals surface area contributed by atoms with E-state index in [1.54, 1.807) is 6.92 Å². The van der Waals surface area contributed by atoms with Crippen molar-refractivity contribution in [1.82, 2.24) is 0 Å². The molecule has 1 unspecified atom stereocenters. The topological polar surface area (TPSA) is 37.3 Å². The smallest absolute Gasteiger partial charge is 0.0842 e. The van der Waals surface area contributed by atoms with Crippen LogP contribution < -0.4 is 0 Å². The number of benzene rings is 1. The largest absolute Gasteiger partial charge is 0.388 e. The van der Waals surface area contributed by atoms with Crippen LogP contribution in [-0.2, 0) is 10.8 Å². The zero-order valence-corrected chi connectivity index (χ0v) is 13.5. The molecule has 2 nitrogen and oxygen atoms in total. The van der Waals surface area contributed by atoms with Gasteiger partial charge in [-0.3, -0.25) is 0 Å². The quantitative estimate of drug-likeness (QED) is 0.861. The number of hydrogen-bond donors (Lipinski definition) is 1. The summed E-state index contributed by atoms with van der Waals surface area (Å²) in [6, 6.07) is 7.63. The lowest BCUT2D eigenvalue weighted by Gasteiger charge is -2.16. The van der Waals surface area contributed by atoms with E-state index in [0.29, 0.717) is 4.91 Å². The number of aliphatic hydroxyl groups excluding tert-OH is 1. The summed E-state index contributed by atoms with van der Waals surface area (Å²) in [6.07, 6.45) is -0.668. The molecule has 0 fully saturated rings. The molecule has 0 saturated heterocycles. The Hall–Kier alpha value is -0.713. The molecule has 1 rings (SSSR count). The van der Waals surface area contributed by atoms with E-state index in [1.807, 2.05) is 36.9 Å². The van der Waals surface area contributed by atoms with Crippen molar-refractivity contribution in [2.75, 3.05) is 0 Å².